The maximum Gasteiger partial charge on any atom is 0.472 e. The van der Waals surface area contributed by atoms with E-state index in [0.29, 0.717) is 6.42 Å². The van der Waals surface area contributed by atoms with Gasteiger partial charge in [-0.3, -0.25) is 13.8 Å². The molecule has 1 unspecified atom stereocenters. The average molecular weight is 663 g/mol. The molecule has 266 valence electrons. The molecule has 0 fully saturated rings. The molecular weight excluding hydrogens is 595 g/mol. The molecule has 3 N–H and O–H groups in total. The van der Waals surface area contributed by atoms with Crippen molar-refractivity contribution in [3.8, 4) is 0 Å². The summed E-state index contributed by atoms with van der Waals surface area (Å²) in [5, 5.41) is 18.2. The van der Waals surface area contributed by atoms with Gasteiger partial charge in [-0.2, -0.15) is 0 Å². The number of ether oxygens (including phenoxy) is 2. The van der Waals surface area contributed by atoms with Crippen molar-refractivity contribution in [2.75, 3.05) is 26.4 Å². The Balaban J connectivity index is 4.34. The van der Waals surface area contributed by atoms with Crippen LogP contribution in [0.3, 0.4) is 0 Å². The molecule has 0 radical (unpaired) electrons. The van der Waals surface area contributed by atoms with E-state index in [1.807, 2.05) is 6.08 Å². The van der Waals surface area contributed by atoms with Gasteiger partial charge in [0.2, 0.25) is 0 Å². The molecule has 0 saturated heterocycles. The van der Waals surface area contributed by atoms with E-state index >= 15 is 0 Å². The van der Waals surface area contributed by atoms with Crippen molar-refractivity contribution in [1.29, 1.82) is 0 Å². The summed E-state index contributed by atoms with van der Waals surface area (Å²) in [6, 6.07) is 0. The highest BCUT2D eigenvalue weighted by Crippen LogP contribution is 2.43. The molecule has 0 heterocycles. The second kappa shape index (κ2) is 32.7. The Bertz CT molecular complexity index is 759. The zero-order chi connectivity index (χ0) is 33.3. The van der Waals surface area contributed by atoms with Crippen LogP contribution in [0.2, 0.25) is 0 Å². The molecule has 0 saturated carbocycles. The molecule has 0 aromatic heterocycles. The van der Waals surface area contributed by atoms with Crippen LogP contribution in [0.15, 0.2) is 24.5 Å². The number of aliphatic hydroxyl groups excluding tert-OH is 2. The van der Waals surface area contributed by atoms with E-state index in [2.05, 4.69) is 26.0 Å². The third kappa shape index (κ3) is 32.5. The van der Waals surface area contributed by atoms with E-state index in [1.165, 1.54) is 77.0 Å². The number of phosphoric acid groups is 1. The van der Waals surface area contributed by atoms with Gasteiger partial charge in [-0.15, -0.1) is 0 Å². The molecule has 0 aliphatic heterocycles. The fourth-order valence-corrected chi connectivity index (χ4v) is 5.44. The molecule has 0 rings (SSSR count). The summed E-state index contributed by atoms with van der Waals surface area (Å²) in [4.78, 5) is 22.3. The summed E-state index contributed by atoms with van der Waals surface area (Å²) in [6.07, 6.45) is 30.8. The number of phosphoric ester groups is 1. The largest absolute Gasteiger partial charge is 0.498 e. The van der Waals surface area contributed by atoms with E-state index < -0.39 is 45.8 Å². The minimum atomic E-state index is -4.52. The van der Waals surface area contributed by atoms with Gasteiger partial charge in [0.25, 0.3) is 0 Å². The predicted octanol–water partition coefficient (Wildman–Crippen LogP) is 9.09. The highest BCUT2D eigenvalue weighted by atomic mass is 31.2. The SMILES string of the molecule is CCCC/C=C\CCCCCCCC(=O)O[C@H](CO/C=C\CCCCCCCCCCCCC)COP(=O)(O)OC[C@@H](O)CO. The first kappa shape index (κ1) is 43.8. The first-order valence-electron chi connectivity index (χ1n) is 17.9. The molecule has 0 spiro atoms. The van der Waals surface area contributed by atoms with Gasteiger partial charge >= 0.3 is 13.8 Å². The Morgan fingerprint density at radius 3 is 1.73 bits per heavy atom. The number of allylic oxidation sites excluding steroid dienone is 3. The summed E-state index contributed by atoms with van der Waals surface area (Å²) in [6.45, 7) is 2.81. The van der Waals surface area contributed by atoms with Gasteiger partial charge < -0.3 is 24.6 Å². The Kier molecular flexibility index (Phi) is 31.8. The lowest BCUT2D eigenvalue weighted by Gasteiger charge is -2.20. The van der Waals surface area contributed by atoms with E-state index in [1.54, 1.807) is 6.26 Å². The number of hydrogen-bond acceptors (Lipinski definition) is 8. The lowest BCUT2D eigenvalue weighted by atomic mass is 10.1. The number of carbonyl (C=O) groups excluding carboxylic acids is 1. The highest BCUT2D eigenvalue weighted by molar-refractivity contribution is 7.47. The first-order chi connectivity index (χ1) is 21.8. The van der Waals surface area contributed by atoms with Crippen LogP contribution in [0.25, 0.3) is 0 Å². The minimum Gasteiger partial charge on any atom is -0.498 e. The first-order valence-corrected chi connectivity index (χ1v) is 19.4. The van der Waals surface area contributed by atoms with E-state index in [0.717, 1.165) is 51.4 Å². The van der Waals surface area contributed by atoms with Crippen molar-refractivity contribution < 1.29 is 43.0 Å². The normalized spacial score (nSPS) is 14.6. The van der Waals surface area contributed by atoms with Crippen LogP contribution in [0.5, 0.6) is 0 Å². The van der Waals surface area contributed by atoms with Crippen LogP contribution in [-0.4, -0.2) is 59.7 Å². The third-order valence-electron chi connectivity index (χ3n) is 7.45. The fraction of sp³-hybridized carbons (Fsp3) is 0.857. The van der Waals surface area contributed by atoms with Crippen LogP contribution in [0, 0.1) is 0 Å². The van der Waals surface area contributed by atoms with Crippen LogP contribution in [0.1, 0.15) is 155 Å². The minimum absolute atomic E-state index is 0.0362. The van der Waals surface area contributed by atoms with E-state index in [4.69, 9.17) is 23.6 Å². The van der Waals surface area contributed by atoms with Gasteiger partial charge in [-0.25, -0.2) is 4.57 Å². The number of carbonyl (C=O) groups is 1. The molecule has 9 nitrogen and oxygen atoms in total. The van der Waals surface area contributed by atoms with Crippen LogP contribution in [-0.2, 0) is 27.9 Å². The number of hydrogen-bond donors (Lipinski definition) is 3. The van der Waals surface area contributed by atoms with Gasteiger partial charge in [-0.1, -0.05) is 122 Å². The fourth-order valence-electron chi connectivity index (χ4n) is 4.65. The van der Waals surface area contributed by atoms with Gasteiger partial charge in [0.15, 0.2) is 6.10 Å². The molecule has 3 atom stereocenters. The third-order valence-corrected chi connectivity index (χ3v) is 8.40. The second-order valence-electron chi connectivity index (χ2n) is 12.0. The van der Waals surface area contributed by atoms with Crippen molar-refractivity contribution in [2.45, 2.75) is 167 Å². The molecule has 10 heteroatoms. The molecule has 0 aromatic rings. The maximum atomic E-state index is 12.5. The van der Waals surface area contributed by atoms with Gasteiger partial charge in [0, 0.05) is 6.42 Å². The Morgan fingerprint density at radius 2 is 1.16 bits per heavy atom. The Hall–Kier alpha value is -1.22. The van der Waals surface area contributed by atoms with Crippen molar-refractivity contribution in [2.24, 2.45) is 0 Å². The zero-order valence-corrected chi connectivity index (χ0v) is 29.5. The zero-order valence-electron chi connectivity index (χ0n) is 28.6. The predicted molar refractivity (Wildman–Crippen MR) is 182 cm³/mol. The summed E-state index contributed by atoms with van der Waals surface area (Å²) in [5.74, 6) is -0.416. The molecular formula is C35H67O9P. The molecule has 0 aliphatic rings. The van der Waals surface area contributed by atoms with Crippen molar-refractivity contribution in [3.63, 3.8) is 0 Å². The number of esters is 1. The number of rotatable bonds is 34. The van der Waals surface area contributed by atoms with Crippen LogP contribution >= 0.6 is 7.82 Å². The highest BCUT2D eigenvalue weighted by Gasteiger charge is 2.26. The van der Waals surface area contributed by atoms with Crippen LogP contribution in [0.4, 0.5) is 0 Å². The summed E-state index contributed by atoms with van der Waals surface area (Å²) in [7, 11) is -4.52. The smallest absolute Gasteiger partial charge is 0.472 e. The Labute approximate surface area is 274 Å². The van der Waals surface area contributed by atoms with Crippen molar-refractivity contribution in [3.05, 3.63) is 24.5 Å². The number of aliphatic hydroxyl groups is 2. The Morgan fingerprint density at radius 1 is 0.667 bits per heavy atom. The van der Waals surface area contributed by atoms with Crippen molar-refractivity contribution >= 4 is 13.8 Å². The maximum absolute atomic E-state index is 12.5. The van der Waals surface area contributed by atoms with Crippen LogP contribution < -0.4 is 0 Å². The molecule has 45 heavy (non-hydrogen) atoms. The second-order valence-corrected chi connectivity index (χ2v) is 13.4. The van der Waals surface area contributed by atoms with Gasteiger partial charge in [-0.05, 0) is 44.6 Å². The van der Waals surface area contributed by atoms with E-state index in [9.17, 15) is 19.4 Å². The topological polar surface area (TPSA) is 132 Å². The molecule has 0 bridgehead atoms. The van der Waals surface area contributed by atoms with Gasteiger partial charge in [0.05, 0.1) is 26.1 Å². The summed E-state index contributed by atoms with van der Waals surface area (Å²) in [5.41, 5.74) is 0. The standard InChI is InChI=1S/C35H67O9P/c1-3-5-7-9-11-13-15-16-18-20-22-24-26-28-41-31-34(32-43-45(39,40)42-30-33(37)29-36)44-35(38)27-25-23-21-19-17-14-12-10-8-6-4-2/h10,12,26,28,33-34,36-37H,3-9,11,13-25,27,29-32H2,1-2H3,(H,39,40)/b12-10-,28-26-/t33-,34+/m0/s1. The monoisotopic (exact) mass is 662 g/mol. The molecule has 0 aliphatic carbocycles. The number of unbranched alkanes of at least 4 members (excludes halogenated alkanes) is 18. The van der Waals surface area contributed by atoms with Crippen molar-refractivity contribution in [1.82, 2.24) is 0 Å². The van der Waals surface area contributed by atoms with Gasteiger partial charge in [0.1, 0.15) is 12.7 Å². The average Bonchev–Trinajstić information content (AvgIpc) is 3.03. The quantitative estimate of drug-likeness (QED) is 0.0203. The lowest BCUT2D eigenvalue weighted by molar-refractivity contribution is -0.153. The molecule has 0 aromatic carbocycles. The van der Waals surface area contributed by atoms with E-state index in [-0.39, 0.29) is 13.0 Å². The lowest BCUT2D eigenvalue weighted by Crippen LogP contribution is -2.28. The molecule has 0 amide bonds. The summed E-state index contributed by atoms with van der Waals surface area (Å²) < 4.78 is 32.9. The summed E-state index contributed by atoms with van der Waals surface area (Å²) >= 11 is 0.